The maximum absolute atomic E-state index is 8.81. The SMILES string of the molecule is CC(C)C=CC[C@H](C)O. The molecule has 9 heavy (non-hydrogen) atoms. The molecular weight excluding hydrogens is 112 g/mol. The van der Waals surface area contributed by atoms with Crippen LogP contribution in [0.1, 0.15) is 27.2 Å². The van der Waals surface area contributed by atoms with Crippen LogP contribution in [-0.2, 0) is 0 Å². The number of aliphatic hydroxyl groups excluding tert-OH is 1. The molecule has 1 atom stereocenters. The first kappa shape index (κ1) is 8.70. The normalized spacial score (nSPS) is 15.2. The van der Waals surface area contributed by atoms with Gasteiger partial charge in [-0.3, -0.25) is 0 Å². The van der Waals surface area contributed by atoms with Gasteiger partial charge < -0.3 is 5.11 Å². The van der Waals surface area contributed by atoms with Gasteiger partial charge in [-0.05, 0) is 19.3 Å². The quantitative estimate of drug-likeness (QED) is 0.576. The van der Waals surface area contributed by atoms with Crippen LogP contribution in [0.3, 0.4) is 0 Å². The molecule has 0 saturated carbocycles. The lowest BCUT2D eigenvalue weighted by Crippen LogP contribution is -1.95. The average Bonchev–Trinajstić information content (AvgIpc) is 1.63. The van der Waals surface area contributed by atoms with Crippen LogP contribution in [0, 0.1) is 5.92 Å². The summed E-state index contributed by atoms with van der Waals surface area (Å²) in [6.07, 6.45) is 4.71. The fourth-order valence-corrected chi connectivity index (χ4v) is 0.548. The van der Waals surface area contributed by atoms with Gasteiger partial charge in [0.2, 0.25) is 0 Å². The molecule has 0 aromatic heterocycles. The Balaban J connectivity index is 3.25. The van der Waals surface area contributed by atoms with Crippen LogP contribution >= 0.6 is 0 Å². The van der Waals surface area contributed by atoms with Gasteiger partial charge in [0.25, 0.3) is 0 Å². The fraction of sp³-hybridized carbons (Fsp3) is 0.750. The third-order valence-corrected chi connectivity index (χ3v) is 0.998. The van der Waals surface area contributed by atoms with Crippen LogP contribution in [0.15, 0.2) is 12.2 Å². The molecule has 1 heteroatoms. The highest BCUT2D eigenvalue weighted by atomic mass is 16.3. The Morgan fingerprint density at radius 3 is 2.22 bits per heavy atom. The lowest BCUT2D eigenvalue weighted by atomic mass is 10.2. The zero-order valence-corrected chi connectivity index (χ0v) is 6.46. The summed E-state index contributed by atoms with van der Waals surface area (Å²) in [5.41, 5.74) is 0. The molecule has 0 heterocycles. The highest BCUT2D eigenvalue weighted by Crippen LogP contribution is 1.97. The van der Waals surface area contributed by atoms with Crippen molar-refractivity contribution in [2.24, 2.45) is 5.92 Å². The van der Waals surface area contributed by atoms with E-state index in [9.17, 15) is 0 Å². The van der Waals surface area contributed by atoms with Crippen molar-refractivity contribution in [1.82, 2.24) is 0 Å². The minimum Gasteiger partial charge on any atom is -0.393 e. The minimum atomic E-state index is -0.194. The monoisotopic (exact) mass is 128 g/mol. The third-order valence-electron chi connectivity index (χ3n) is 0.998. The molecule has 0 aliphatic heterocycles. The predicted octanol–water partition coefficient (Wildman–Crippen LogP) is 1.97. The lowest BCUT2D eigenvalue weighted by molar-refractivity contribution is 0.198. The molecule has 0 aliphatic carbocycles. The van der Waals surface area contributed by atoms with E-state index in [0.717, 1.165) is 6.42 Å². The largest absolute Gasteiger partial charge is 0.393 e. The van der Waals surface area contributed by atoms with Gasteiger partial charge in [0, 0.05) is 0 Å². The fourth-order valence-electron chi connectivity index (χ4n) is 0.548. The van der Waals surface area contributed by atoms with Crippen LogP contribution in [0.2, 0.25) is 0 Å². The molecule has 0 aliphatic rings. The second-order valence-electron chi connectivity index (χ2n) is 2.76. The number of hydrogen-bond acceptors (Lipinski definition) is 1. The van der Waals surface area contributed by atoms with Crippen molar-refractivity contribution in [2.75, 3.05) is 0 Å². The average molecular weight is 128 g/mol. The predicted molar refractivity (Wildman–Crippen MR) is 40.3 cm³/mol. The number of aliphatic hydroxyl groups is 1. The summed E-state index contributed by atoms with van der Waals surface area (Å²) in [4.78, 5) is 0. The molecular formula is C8H16O. The maximum atomic E-state index is 8.81. The Hall–Kier alpha value is -0.300. The second-order valence-corrected chi connectivity index (χ2v) is 2.76. The van der Waals surface area contributed by atoms with Gasteiger partial charge >= 0.3 is 0 Å². The van der Waals surface area contributed by atoms with Crippen LogP contribution in [0.5, 0.6) is 0 Å². The first-order valence-corrected chi connectivity index (χ1v) is 3.47. The van der Waals surface area contributed by atoms with E-state index in [2.05, 4.69) is 19.9 Å². The van der Waals surface area contributed by atoms with Crippen molar-refractivity contribution in [1.29, 1.82) is 0 Å². The molecule has 0 rings (SSSR count). The van der Waals surface area contributed by atoms with Gasteiger partial charge in [-0.15, -0.1) is 0 Å². The van der Waals surface area contributed by atoms with Gasteiger partial charge in [-0.2, -0.15) is 0 Å². The summed E-state index contributed by atoms with van der Waals surface area (Å²) in [5.74, 6) is 0.601. The lowest BCUT2D eigenvalue weighted by Gasteiger charge is -1.97. The molecule has 54 valence electrons. The Bertz CT molecular complexity index is 82.6. The highest BCUT2D eigenvalue weighted by molar-refractivity contribution is 4.85. The molecule has 0 bridgehead atoms. The summed E-state index contributed by atoms with van der Waals surface area (Å²) in [7, 11) is 0. The van der Waals surface area contributed by atoms with E-state index in [4.69, 9.17) is 5.11 Å². The number of allylic oxidation sites excluding steroid dienone is 1. The molecule has 0 spiro atoms. The molecule has 0 saturated heterocycles. The molecule has 0 unspecified atom stereocenters. The standard InChI is InChI=1S/C8H16O/c1-7(2)5-4-6-8(3)9/h4-5,7-9H,6H2,1-3H3/t8-/m0/s1. The molecule has 0 aromatic rings. The van der Waals surface area contributed by atoms with Crippen molar-refractivity contribution >= 4 is 0 Å². The molecule has 0 fully saturated rings. The summed E-state index contributed by atoms with van der Waals surface area (Å²) in [6, 6.07) is 0. The van der Waals surface area contributed by atoms with Gasteiger partial charge in [0.15, 0.2) is 0 Å². The van der Waals surface area contributed by atoms with E-state index >= 15 is 0 Å². The van der Waals surface area contributed by atoms with Crippen molar-refractivity contribution in [3.8, 4) is 0 Å². The van der Waals surface area contributed by atoms with E-state index in [1.54, 1.807) is 6.92 Å². The van der Waals surface area contributed by atoms with Crippen LogP contribution in [0.25, 0.3) is 0 Å². The smallest absolute Gasteiger partial charge is 0.0546 e. The molecule has 1 nitrogen and oxygen atoms in total. The summed E-state index contributed by atoms with van der Waals surface area (Å²) >= 11 is 0. The van der Waals surface area contributed by atoms with Crippen LogP contribution < -0.4 is 0 Å². The van der Waals surface area contributed by atoms with E-state index in [0.29, 0.717) is 5.92 Å². The van der Waals surface area contributed by atoms with Crippen molar-refractivity contribution in [3.63, 3.8) is 0 Å². The molecule has 0 aromatic carbocycles. The van der Waals surface area contributed by atoms with Crippen LogP contribution in [-0.4, -0.2) is 11.2 Å². The summed E-state index contributed by atoms with van der Waals surface area (Å²) in [5, 5.41) is 8.81. The Morgan fingerprint density at radius 2 is 1.89 bits per heavy atom. The zero-order chi connectivity index (χ0) is 7.28. The Morgan fingerprint density at radius 1 is 1.33 bits per heavy atom. The van der Waals surface area contributed by atoms with Crippen molar-refractivity contribution < 1.29 is 5.11 Å². The molecule has 0 radical (unpaired) electrons. The Labute approximate surface area is 57.4 Å². The minimum absolute atomic E-state index is 0.194. The van der Waals surface area contributed by atoms with Crippen molar-refractivity contribution in [2.45, 2.75) is 33.3 Å². The highest BCUT2D eigenvalue weighted by Gasteiger charge is 1.89. The Kier molecular flexibility index (Phi) is 4.41. The zero-order valence-electron chi connectivity index (χ0n) is 6.46. The summed E-state index contributed by atoms with van der Waals surface area (Å²) < 4.78 is 0. The molecule has 0 amide bonds. The number of rotatable bonds is 3. The van der Waals surface area contributed by atoms with Gasteiger partial charge in [-0.25, -0.2) is 0 Å². The third kappa shape index (κ3) is 7.70. The first-order chi connectivity index (χ1) is 4.13. The van der Waals surface area contributed by atoms with E-state index < -0.39 is 0 Å². The van der Waals surface area contributed by atoms with E-state index in [1.807, 2.05) is 6.08 Å². The first-order valence-electron chi connectivity index (χ1n) is 3.47. The summed E-state index contributed by atoms with van der Waals surface area (Å²) in [6.45, 7) is 6.04. The van der Waals surface area contributed by atoms with Crippen molar-refractivity contribution in [3.05, 3.63) is 12.2 Å². The maximum Gasteiger partial charge on any atom is 0.0546 e. The number of hydrogen-bond donors (Lipinski definition) is 1. The van der Waals surface area contributed by atoms with Crippen LogP contribution in [0.4, 0.5) is 0 Å². The topological polar surface area (TPSA) is 20.2 Å². The van der Waals surface area contributed by atoms with Gasteiger partial charge in [0.1, 0.15) is 0 Å². The second kappa shape index (κ2) is 4.57. The molecule has 1 N–H and O–H groups in total. The van der Waals surface area contributed by atoms with E-state index in [-0.39, 0.29) is 6.10 Å². The van der Waals surface area contributed by atoms with E-state index in [1.165, 1.54) is 0 Å². The van der Waals surface area contributed by atoms with Gasteiger partial charge in [-0.1, -0.05) is 26.0 Å². The van der Waals surface area contributed by atoms with Gasteiger partial charge in [0.05, 0.1) is 6.10 Å².